The van der Waals surface area contributed by atoms with E-state index in [1.54, 1.807) is 0 Å². The predicted molar refractivity (Wildman–Crippen MR) is 185 cm³/mol. The zero-order valence-corrected chi connectivity index (χ0v) is 28.6. The molecule has 0 spiro atoms. The molecule has 0 radical (unpaired) electrons. The molecule has 51 heavy (non-hydrogen) atoms. The van der Waals surface area contributed by atoms with Crippen LogP contribution in [0.2, 0.25) is 0 Å². The molecule has 0 bridgehead atoms. The Morgan fingerprint density at radius 1 is 0.667 bits per heavy atom. The summed E-state index contributed by atoms with van der Waals surface area (Å²) in [4.78, 5) is 27.8. The zero-order valence-electron chi connectivity index (χ0n) is 28.6. The molecule has 0 amide bonds. The highest BCUT2D eigenvalue weighted by Gasteiger charge is 2.43. The first-order valence-electron chi connectivity index (χ1n) is 17.3. The van der Waals surface area contributed by atoms with E-state index >= 15 is 0 Å². The third-order valence-electron chi connectivity index (χ3n) is 10.6. The number of aromatic hydroxyl groups is 3. The number of rotatable bonds is 15. The number of carbonyl (C=O) groups is 2. The van der Waals surface area contributed by atoms with Crippen molar-refractivity contribution in [3.05, 3.63) is 64.7 Å². The molecule has 6 atom stereocenters. The number of phenols is 3. The normalized spacial score (nSPS) is 27.2. The molecule has 2 saturated carbocycles. The molecule has 2 aliphatic rings. The summed E-state index contributed by atoms with van der Waals surface area (Å²) in [5.41, 5.74) is -1.49. The summed E-state index contributed by atoms with van der Waals surface area (Å²) in [5, 5.41) is 90.4. The number of hydrogen-bond donors (Lipinski definition) is 9. The second-order valence-corrected chi connectivity index (χ2v) is 14.0. The maximum Gasteiger partial charge on any atom is 0.339 e. The van der Waals surface area contributed by atoms with E-state index in [4.69, 9.17) is 9.47 Å². The molecule has 0 unspecified atom stereocenters. The second-order valence-electron chi connectivity index (χ2n) is 14.0. The van der Waals surface area contributed by atoms with Crippen LogP contribution in [0.15, 0.2) is 53.6 Å². The van der Waals surface area contributed by atoms with Gasteiger partial charge in [-0.05, 0) is 111 Å². The topological polar surface area (TPSA) is 235 Å². The average Bonchev–Trinajstić information content (AvgIpc) is 3.12. The zero-order chi connectivity index (χ0) is 37.2. The first-order valence-corrected chi connectivity index (χ1v) is 17.3. The SMILES string of the molecule is O=C(OC[C@H]1CC[C@](CO)(CCO)[C@@H](O)C1)C(=Cc1ccc(O)cc1)/C(=C/c1ccc(O)c(O)c1)C(=O)OC[C@H]1CC[C@](CO)(CCO)[C@@H](O)C1. The number of aliphatic hydroxyl groups excluding tert-OH is 6. The van der Waals surface area contributed by atoms with Crippen molar-refractivity contribution in [1.82, 2.24) is 0 Å². The minimum atomic E-state index is -0.938. The van der Waals surface area contributed by atoms with Crippen LogP contribution in [0.4, 0.5) is 0 Å². The lowest BCUT2D eigenvalue weighted by molar-refractivity contribution is -0.146. The van der Waals surface area contributed by atoms with Crippen LogP contribution in [0.3, 0.4) is 0 Å². The van der Waals surface area contributed by atoms with Gasteiger partial charge in [-0.15, -0.1) is 0 Å². The molecule has 2 aliphatic carbocycles. The van der Waals surface area contributed by atoms with Crippen molar-refractivity contribution in [2.75, 3.05) is 39.6 Å². The predicted octanol–water partition coefficient (Wildman–Crippen LogP) is 2.40. The van der Waals surface area contributed by atoms with Gasteiger partial charge in [0.05, 0.1) is 49.8 Å². The van der Waals surface area contributed by atoms with Crippen LogP contribution in [-0.2, 0) is 19.1 Å². The number of phenolic OH excluding ortho intramolecular Hbond substituents is 3. The maximum atomic E-state index is 13.9. The van der Waals surface area contributed by atoms with Crippen LogP contribution < -0.4 is 0 Å². The van der Waals surface area contributed by atoms with Gasteiger partial charge in [-0.3, -0.25) is 0 Å². The van der Waals surface area contributed by atoms with Gasteiger partial charge in [-0.25, -0.2) is 9.59 Å². The van der Waals surface area contributed by atoms with E-state index in [1.807, 2.05) is 0 Å². The molecule has 280 valence electrons. The number of aliphatic hydroxyl groups is 6. The first-order chi connectivity index (χ1) is 24.4. The van der Waals surface area contributed by atoms with Crippen molar-refractivity contribution in [2.24, 2.45) is 22.7 Å². The summed E-state index contributed by atoms with van der Waals surface area (Å²) in [5.74, 6) is -3.27. The number of carbonyl (C=O) groups excluding carboxylic acids is 2. The van der Waals surface area contributed by atoms with E-state index in [2.05, 4.69) is 0 Å². The van der Waals surface area contributed by atoms with Crippen molar-refractivity contribution < 1.29 is 65.0 Å². The second kappa shape index (κ2) is 18.0. The molecule has 13 heteroatoms. The van der Waals surface area contributed by atoms with E-state index < -0.39 is 46.5 Å². The minimum Gasteiger partial charge on any atom is -0.508 e. The van der Waals surface area contributed by atoms with Crippen LogP contribution in [0.1, 0.15) is 62.5 Å². The highest BCUT2D eigenvalue weighted by atomic mass is 16.5. The fourth-order valence-electron chi connectivity index (χ4n) is 7.11. The summed E-state index contributed by atoms with van der Waals surface area (Å²) in [6.45, 7) is -1.23. The fourth-order valence-corrected chi connectivity index (χ4v) is 7.11. The van der Waals surface area contributed by atoms with Gasteiger partial charge in [0.25, 0.3) is 0 Å². The van der Waals surface area contributed by atoms with Crippen molar-refractivity contribution >= 4 is 24.1 Å². The van der Waals surface area contributed by atoms with Crippen molar-refractivity contribution in [2.45, 2.75) is 63.6 Å². The summed E-state index contributed by atoms with van der Waals surface area (Å²) in [6.07, 6.45) is 3.49. The van der Waals surface area contributed by atoms with Crippen LogP contribution in [0, 0.1) is 22.7 Å². The average molecular weight is 715 g/mol. The lowest BCUT2D eigenvalue weighted by Crippen LogP contribution is -2.45. The van der Waals surface area contributed by atoms with E-state index in [-0.39, 0.29) is 99.6 Å². The van der Waals surface area contributed by atoms with E-state index in [9.17, 15) is 55.5 Å². The molecule has 4 rings (SSSR count). The molecule has 0 aliphatic heterocycles. The summed E-state index contributed by atoms with van der Waals surface area (Å²) in [7, 11) is 0. The summed E-state index contributed by atoms with van der Waals surface area (Å²) in [6, 6.07) is 9.67. The summed E-state index contributed by atoms with van der Waals surface area (Å²) < 4.78 is 11.5. The molecule has 2 fully saturated rings. The van der Waals surface area contributed by atoms with Gasteiger partial charge in [0, 0.05) is 24.0 Å². The first kappa shape index (κ1) is 39.8. The molecular weight excluding hydrogens is 664 g/mol. The lowest BCUT2D eigenvalue weighted by atomic mass is 9.67. The van der Waals surface area contributed by atoms with Gasteiger partial charge in [0.2, 0.25) is 0 Å². The van der Waals surface area contributed by atoms with Crippen LogP contribution >= 0.6 is 0 Å². The highest BCUT2D eigenvalue weighted by Crippen LogP contribution is 2.43. The molecule has 0 heterocycles. The van der Waals surface area contributed by atoms with Crippen molar-refractivity contribution in [1.29, 1.82) is 0 Å². The number of esters is 2. The lowest BCUT2D eigenvalue weighted by Gasteiger charge is -2.42. The Balaban J connectivity index is 1.62. The van der Waals surface area contributed by atoms with Gasteiger partial charge in [0.1, 0.15) is 5.75 Å². The van der Waals surface area contributed by atoms with Crippen molar-refractivity contribution in [3.63, 3.8) is 0 Å². The van der Waals surface area contributed by atoms with E-state index in [1.165, 1.54) is 54.6 Å². The molecule has 0 aromatic heterocycles. The Bertz CT molecular complexity index is 1540. The van der Waals surface area contributed by atoms with Gasteiger partial charge >= 0.3 is 11.9 Å². The fraction of sp³-hybridized carbons (Fsp3) is 0.526. The highest BCUT2D eigenvalue weighted by molar-refractivity contribution is 6.12. The molecule has 2 aromatic rings. The maximum absolute atomic E-state index is 13.9. The third kappa shape index (κ3) is 9.88. The van der Waals surface area contributed by atoms with Gasteiger partial charge in [-0.2, -0.15) is 0 Å². The minimum absolute atomic E-state index is 0.0269. The van der Waals surface area contributed by atoms with Gasteiger partial charge in [0.15, 0.2) is 11.5 Å². The monoisotopic (exact) mass is 714 g/mol. The van der Waals surface area contributed by atoms with Gasteiger partial charge < -0.3 is 55.4 Å². The van der Waals surface area contributed by atoms with E-state index in [0.29, 0.717) is 31.2 Å². The van der Waals surface area contributed by atoms with Crippen LogP contribution in [-0.4, -0.2) is 110 Å². The molecule has 13 nitrogen and oxygen atoms in total. The van der Waals surface area contributed by atoms with Crippen LogP contribution in [0.5, 0.6) is 17.2 Å². The number of ether oxygens (including phenoxy) is 2. The quantitative estimate of drug-likeness (QED) is 0.0559. The Morgan fingerprint density at radius 3 is 1.53 bits per heavy atom. The van der Waals surface area contributed by atoms with Crippen LogP contribution in [0.25, 0.3) is 12.2 Å². The van der Waals surface area contributed by atoms with E-state index in [0.717, 1.165) is 0 Å². The van der Waals surface area contributed by atoms with Gasteiger partial charge in [-0.1, -0.05) is 18.2 Å². The third-order valence-corrected chi connectivity index (χ3v) is 10.6. The number of benzene rings is 2. The Labute approximate surface area is 296 Å². The Hall–Kier alpha value is -3.98. The molecular formula is C38H50O13. The smallest absolute Gasteiger partial charge is 0.339 e. The Kier molecular flexibility index (Phi) is 14.0. The molecule has 9 N–H and O–H groups in total. The summed E-state index contributed by atoms with van der Waals surface area (Å²) >= 11 is 0. The largest absolute Gasteiger partial charge is 0.508 e. The standard InChI is InChI=1S/C38H50O13/c39-13-11-37(22-41)9-7-26(18-33(37)46)20-50-35(48)29(15-24-1-4-28(43)5-2-24)30(16-25-3-6-31(44)32(45)17-25)36(49)51-21-27-8-10-38(23-42,12-14-40)34(47)19-27/h1-6,15-17,26-27,33-34,39-47H,7-14,18-23H2/b29-15?,30-16-/t26-,27-,33-,34-,37+,38+/m0/s1. The Morgan fingerprint density at radius 2 is 1.12 bits per heavy atom. The molecule has 2 aromatic carbocycles. The number of hydrogen-bond acceptors (Lipinski definition) is 13. The molecule has 0 saturated heterocycles. The van der Waals surface area contributed by atoms with Crippen molar-refractivity contribution in [3.8, 4) is 17.2 Å².